The van der Waals surface area contributed by atoms with Gasteiger partial charge in [-0.3, -0.25) is 4.57 Å². The molecule has 2 fully saturated rings. The van der Waals surface area contributed by atoms with Gasteiger partial charge in [-0.2, -0.15) is 0 Å². The third-order valence-electron chi connectivity index (χ3n) is 7.34. The number of aromatic nitrogens is 4. The Balaban J connectivity index is 1.38. The first-order valence-corrected chi connectivity index (χ1v) is 13.8. The van der Waals surface area contributed by atoms with Gasteiger partial charge in [-0.15, -0.1) is 0 Å². The predicted molar refractivity (Wildman–Crippen MR) is 149 cm³/mol. The molecule has 2 saturated heterocycles. The fourth-order valence-corrected chi connectivity index (χ4v) is 5.54. The van der Waals surface area contributed by atoms with Crippen molar-refractivity contribution in [2.45, 2.75) is 57.0 Å². The van der Waals surface area contributed by atoms with E-state index in [9.17, 15) is 9.90 Å². The van der Waals surface area contributed by atoms with Gasteiger partial charge in [0.05, 0.1) is 19.5 Å². The number of hydrogen-bond acceptors (Lipinski definition) is 10. The van der Waals surface area contributed by atoms with Crippen LogP contribution in [0.15, 0.2) is 67.0 Å². The number of anilines is 1. The molecule has 6 rings (SSSR count). The largest absolute Gasteiger partial charge is 0.460 e. The summed E-state index contributed by atoms with van der Waals surface area (Å²) in [5.74, 6) is -1.19. The molecule has 11 nitrogen and oxygen atoms in total. The van der Waals surface area contributed by atoms with Crippen molar-refractivity contribution in [1.82, 2.24) is 19.5 Å². The molecular formula is C30H33N5O6. The zero-order chi connectivity index (χ0) is 28.6. The van der Waals surface area contributed by atoms with Crippen LogP contribution in [0.3, 0.4) is 0 Å². The van der Waals surface area contributed by atoms with E-state index in [0.717, 1.165) is 11.1 Å². The van der Waals surface area contributed by atoms with E-state index in [1.807, 2.05) is 50.2 Å². The van der Waals surface area contributed by atoms with Crippen molar-refractivity contribution in [3.63, 3.8) is 0 Å². The van der Waals surface area contributed by atoms with Crippen molar-refractivity contribution < 1.29 is 28.8 Å². The number of nitrogens with zero attached hydrogens (tertiary/aromatic N) is 4. The molecule has 0 saturated carbocycles. The van der Waals surface area contributed by atoms with Crippen LogP contribution in [0.25, 0.3) is 11.2 Å². The number of carbonyl (C=O) groups is 1. The average molecular weight is 560 g/mol. The van der Waals surface area contributed by atoms with Crippen molar-refractivity contribution in [2.24, 2.45) is 0 Å². The molecule has 0 spiro atoms. The van der Waals surface area contributed by atoms with Crippen LogP contribution >= 0.6 is 0 Å². The average Bonchev–Trinajstić information content (AvgIpc) is 3.64. The molecule has 2 N–H and O–H groups in total. The van der Waals surface area contributed by atoms with E-state index in [0.29, 0.717) is 23.5 Å². The van der Waals surface area contributed by atoms with Crippen LogP contribution in [0, 0.1) is 0 Å². The number of benzene rings is 2. The highest BCUT2D eigenvalue weighted by atomic mass is 16.8. The molecule has 214 valence electrons. The summed E-state index contributed by atoms with van der Waals surface area (Å²) in [6.45, 7) is 5.80. The first kappa shape index (κ1) is 27.3. The molecule has 0 radical (unpaired) electrons. The molecule has 0 unspecified atom stereocenters. The second-order valence-electron chi connectivity index (χ2n) is 10.5. The Bertz CT molecular complexity index is 1470. The molecule has 4 aromatic rings. The molecule has 2 aliphatic rings. The molecular weight excluding hydrogens is 526 g/mol. The maximum atomic E-state index is 12.8. The minimum Gasteiger partial charge on any atom is -0.460 e. The Labute approximate surface area is 237 Å². The number of imidazole rings is 1. The zero-order valence-corrected chi connectivity index (χ0v) is 23.1. The predicted octanol–water partition coefficient (Wildman–Crippen LogP) is 3.66. The topological polar surface area (TPSA) is 130 Å². The number of rotatable bonds is 9. The molecule has 41 heavy (non-hydrogen) atoms. The Kier molecular flexibility index (Phi) is 7.43. The molecule has 0 bridgehead atoms. The van der Waals surface area contributed by atoms with Crippen LogP contribution in [0.5, 0.6) is 0 Å². The number of fused-ring (bicyclic) bond motifs is 2. The van der Waals surface area contributed by atoms with Crippen LogP contribution in [0.2, 0.25) is 0 Å². The molecule has 11 heteroatoms. The maximum absolute atomic E-state index is 12.8. The number of esters is 1. The molecule has 0 aliphatic carbocycles. The van der Waals surface area contributed by atoms with Crippen LogP contribution in [0.4, 0.5) is 5.82 Å². The van der Waals surface area contributed by atoms with Crippen LogP contribution in [-0.4, -0.2) is 74.5 Å². The van der Waals surface area contributed by atoms with E-state index in [4.69, 9.17) is 18.9 Å². The molecule has 2 aromatic carbocycles. The highest BCUT2D eigenvalue weighted by Crippen LogP contribution is 2.43. The summed E-state index contributed by atoms with van der Waals surface area (Å²) in [7, 11) is 0. The van der Waals surface area contributed by atoms with Crippen molar-refractivity contribution in [1.29, 1.82) is 0 Å². The zero-order valence-electron chi connectivity index (χ0n) is 23.1. The molecule has 2 aromatic heterocycles. The fraction of sp³-hybridized carbons (Fsp3) is 0.400. The summed E-state index contributed by atoms with van der Waals surface area (Å²) >= 11 is 0. The van der Waals surface area contributed by atoms with E-state index in [2.05, 4.69) is 44.5 Å². The van der Waals surface area contributed by atoms with E-state index in [1.54, 1.807) is 17.8 Å². The van der Waals surface area contributed by atoms with Gasteiger partial charge in [-0.25, -0.2) is 19.7 Å². The molecule has 2 aliphatic heterocycles. The van der Waals surface area contributed by atoms with Crippen molar-refractivity contribution in [2.75, 3.05) is 25.1 Å². The Hall–Kier alpha value is -3.90. The van der Waals surface area contributed by atoms with Crippen LogP contribution in [-0.2, 0) is 18.9 Å². The first-order valence-electron chi connectivity index (χ1n) is 13.8. The lowest BCUT2D eigenvalue weighted by molar-refractivity contribution is -0.199. The summed E-state index contributed by atoms with van der Waals surface area (Å²) in [6, 6.07) is 20.4. The minimum atomic E-state index is -0.844. The SMILES string of the molecule is CCOC(=O)c1nc(NCC(c2ccccc2)c2ccccc2)c2ncn([C@@H]3O[C@H](CO)[C@H]4OC(C)(C)O[C@@H]43)c2n1. The first-order chi connectivity index (χ1) is 19.9. The second-order valence-corrected chi connectivity index (χ2v) is 10.5. The monoisotopic (exact) mass is 559 g/mol. The molecule has 4 atom stereocenters. The Morgan fingerprint density at radius 1 is 1.05 bits per heavy atom. The third-order valence-corrected chi connectivity index (χ3v) is 7.34. The van der Waals surface area contributed by atoms with Gasteiger partial charge in [0.15, 0.2) is 29.0 Å². The lowest BCUT2D eigenvalue weighted by Crippen LogP contribution is -2.31. The van der Waals surface area contributed by atoms with Crippen LogP contribution in [0.1, 0.15) is 54.7 Å². The third kappa shape index (κ3) is 5.29. The van der Waals surface area contributed by atoms with Gasteiger partial charge < -0.3 is 29.4 Å². The highest BCUT2D eigenvalue weighted by molar-refractivity contribution is 5.91. The summed E-state index contributed by atoms with van der Waals surface area (Å²) in [5, 5.41) is 13.4. The van der Waals surface area contributed by atoms with E-state index >= 15 is 0 Å². The summed E-state index contributed by atoms with van der Waals surface area (Å²) < 4.78 is 25.3. The molecule has 4 heterocycles. The van der Waals surface area contributed by atoms with Gasteiger partial charge in [0, 0.05) is 12.5 Å². The van der Waals surface area contributed by atoms with Crippen molar-refractivity contribution in [3.05, 3.63) is 83.9 Å². The highest BCUT2D eigenvalue weighted by Gasteiger charge is 2.56. The van der Waals surface area contributed by atoms with Gasteiger partial charge in [0.25, 0.3) is 0 Å². The molecule has 0 amide bonds. The van der Waals surface area contributed by atoms with Gasteiger partial charge in [-0.05, 0) is 31.9 Å². The number of nitrogens with one attached hydrogen (secondary N) is 1. The normalized spacial score (nSPS) is 23.1. The summed E-state index contributed by atoms with van der Waals surface area (Å²) in [6.07, 6.45) is -0.688. The fourth-order valence-electron chi connectivity index (χ4n) is 5.54. The number of aliphatic hydroxyl groups is 1. The lowest BCUT2D eigenvalue weighted by atomic mass is 9.91. The van der Waals surface area contributed by atoms with Gasteiger partial charge in [0.1, 0.15) is 18.3 Å². The number of hydrogen-bond donors (Lipinski definition) is 2. The van der Waals surface area contributed by atoms with E-state index in [-0.39, 0.29) is 25.0 Å². The minimum absolute atomic E-state index is 0.00560. The van der Waals surface area contributed by atoms with Gasteiger partial charge in [0.2, 0.25) is 5.82 Å². The number of ether oxygens (including phenoxy) is 4. The standard InChI is InChI=1S/C30H33N5O6/c1-4-38-29(37)26-33-25(31-15-20(18-11-7-5-8-12-18)19-13-9-6-10-14-19)22-27(34-26)35(17-32-22)28-24-23(21(16-36)39-28)40-30(2,3)41-24/h5-14,17,20-21,23-24,28,36H,4,15-16H2,1-3H3,(H,31,33,34)/t21-,23-,24+,28-/m1/s1. The Morgan fingerprint density at radius 3 is 2.34 bits per heavy atom. The van der Waals surface area contributed by atoms with E-state index < -0.39 is 36.3 Å². The summed E-state index contributed by atoms with van der Waals surface area (Å²) in [4.78, 5) is 26.5. The second kappa shape index (κ2) is 11.2. The maximum Gasteiger partial charge on any atom is 0.376 e. The summed E-state index contributed by atoms with van der Waals surface area (Å²) in [5.41, 5.74) is 3.10. The quantitative estimate of drug-likeness (QED) is 0.293. The Morgan fingerprint density at radius 2 is 1.71 bits per heavy atom. The number of aliphatic hydroxyl groups excluding tert-OH is 1. The lowest BCUT2D eigenvalue weighted by Gasteiger charge is -2.24. The van der Waals surface area contributed by atoms with Gasteiger partial charge >= 0.3 is 5.97 Å². The number of carbonyl (C=O) groups excluding carboxylic acids is 1. The van der Waals surface area contributed by atoms with Crippen LogP contribution < -0.4 is 5.32 Å². The smallest absolute Gasteiger partial charge is 0.376 e. The van der Waals surface area contributed by atoms with Gasteiger partial charge in [-0.1, -0.05) is 60.7 Å². The van der Waals surface area contributed by atoms with Crippen molar-refractivity contribution >= 4 is 23.0 Å². The van der Waals surface area contributed by atoms with Crippen molar-refractivity contribution in [3.8, 4) is 0 Å². The van der Waals surface area contributed by atoms with E-state index in [1.165, 1.54) is 0 Å².